The van der Waals surface area contributed by atoms with Crippen LogP contribution in [0.2, 0.25) is 0 Å². The van der Waals surface area contributed by atoms with Crippen molar-refractivity contribution >= 4 is 22.5 Å². The molecule has 1 saturated heterocycles. The summed E-state index contributed by atoms with van der Waals surface area (Å²) < 4.78 is 1.85. The zero-order valence-electron chi connectivity index (χ0n) is 15.8. The highest BCUT2D eigenvalue weighted by Gasteiger charge is 2.26. The Morgan fingerprint density at radius 2 is 2.11 bits per heavy atom. The van der Waals surface area contributed by atoms with Crippen LogP contribution in [0.1, 0.15) is 37.8 Å². The molecule has 0 aliphatic carbocycles. The number of aromatic hydroxyl groups is 1. The van der Waals surface area contributed by atoms with E-state index in [9.17, 15) is 9.90 Å². The van der Waals surface area contributed by atoms with Gasteiger partial charge in [-0.15, -0.1) is 10.2 Å². The van der Waals surface area contributed by atoms with Crippen molar-refractivity contribution in [1.82, 2.24) is 14.5 Å². The summed E-state index contributed by atoms with van der Waals surface area (Å²) in [7, 11) is 0. The normalized spacial score (nSPS) is 18.1. The lowest BCUT2D eigenvalue weighted by molar-refractivity contribution is -0.116. The molecule has 7 nitrogen and oxygen atoms in total. The van der Waals surface area contributed by atoms with Gasteiger partial charge in [0.25, 0.3) is 5.91 Å². The van der Waals surface area contributed by atoms with Crippen LogP contribution >= 0.6 is 0 Å². The molecular formula is C21H23N5O2. The van der Waals surface area contributed by atoms with Crippen molar-refractivity contribution in [1.29, 1.82) is 0 Å². The number of rotatable bonds is 4. The SMILES string of the molecule is CC(=O)N=Nc1c(O)n(CN2CCCCC2c2cccnc2)c2ccccc12. The Balaban J connectivity index is 1.72. The second-order valence-corrected chi connectivity index (χ2v) is 7.09. The molecule has 0 saturated carbocycles. The molecule has 1 N–H and O–H groups in total. The summed E-state index contributed by atoms with van der Waals surface area (Å²) >= 11 is 0. The van der Waals surface area contributed by atoms with E-state index in [4.69, 9.17) is 0 Å². The van der Waals surface area contributed by atoms with Crippen molar-refractivity contribution in [3.8, 4) is 5.88 Å². The first-order valence-corrected chi connectivity index (χ1v) is 9.51. The molecule has 4 rings (SSSR count). The molecule has 1 aliphatic heterocycles. The van der Waals surface area contributed by atoms with Gasteiger partial charge in [0.2, 0.25) is 5.88 Å². The number of fused-ring (bicyclic) bond motifs is 1. The van der Waals surface area contributed by atoms with Crippen LogP contribution in [0.15, 0.2) is 59.0 Å². The minimum absolute atomic E-state index is 0.0294. The molecule has 3 heterocycles. The van der Waals surface area contributed by atoms with Crippen LogP contribution in [0.5, 0.6) is 5.88 Å². The van der Waals surface area contributed by atoms with Crippen molar-refractivity contribution in [3.05, 3.63) is 54.4 Å². The fraction of sp³-hybridized carbons (Fsp3) is 0.333. The molecule has 28 heavy (non-hydrogen) atoms. The minimum Gasteiger partial charge on any atom is -0.493 e. The Hall–Kier alpha value is -3.06. The highest BCUT2D eigenvalue weighted by Crippen LogP contribution is 2.40. The van der Waals surface area contributed by atoms with Crippen LogP contribution < -0.4 is 0 Å². The smallest absolute Gasteiger partial charge is 0.261 e. The molecule has 1 aliphatic rings. The fourth-order valence-corrected chi connectivity index (χ4v) is 3.93. The highest BCUT2D eigenvalue weighted by molar-refractivity contribution is 5.95. The van der Waals surface area contributed by atoms with Gasteiger partial charge in [-0.2, -0.15) is 0 Å². The van der Waals surface area contributed by atoms with Crippen molar-refractivity contribution in [2.24, 2.45) is 10.2 Å². The maximum Gasteiger partial charge on any atom is 0.261 e. The van der Waals surface area contributed by atoms with Crippen molar-refractivity contribution in [3.63, 3.8) is 0 Å². The summed E-state index contributed by atoms with van der Waals surface area (Å²) in [5.41, 5.74) is 2.39. The van der Waals surface area contributed by atoms with Crippen molar-refractivity contribution in [2.75, 3.05) is 6.54 Å². The lowest BCUT2D eigenvalue weighted by Crippen LogP contribution is -2.34. The molecule has 1 fully saturated rings. The maximum absolute atomic E-state index is 11.2. The van der Waals surface area contributed by atoms with Gasteiger partial charge < -0.3 is 5.11 Å². The third-order valence-electron chi connectivity index (χ3n) is 5.21. The van der Waals surface area contributed by atoms with Gasteiger partial charge >= 0.3 is 0 Å². The Morgan fingerprint density at radius 3 is 2.89 bits per heavy atom. The van der Waals surface area contributed by atoms with Crippen LogP contribution in [0, 0.1) is 0 Å². The summed E-state index contributed by atoms with van der Waals surface area (Å²) in [6, 6.07) is 12.0. The Bertz CT molecular complexity index is 1010. The molecule has 1 aromatic carbocycles. The van der Waals surface area contributed by atoms with E-state index < -0.39 is 5.91 Å². The van der Waals surface area contributed by atoms with Crippen LogP contribution in [-0.2, 0) is 11.5 Å². The first-order chi connectivity index (χ1) is 13.6. The summed E-state index contributed by atoms with van der Waals surface area (Å²) in [4.78, 5) is 17.9. The standard InChI is InChI=1S/C21H23N5O2/c1-15(27)23-24-20-17-8-2-3-10-19(17)26(21(20)28)14-25-12-5-4-9-18(25)16-7-6-11-22-13-16/h2-3,6-8,10-11,13,18,28H,4-5,9,12,14H2,1H3. The number of azo groups is 1. The average molecular weight is 377 g/mol. The van der Waals surface area contributed by atoms with E-state index in [1.165, 1.54) is 18.9 Å². The molecule has 144 valence electrons. The molecule has 1 atom stereocenters. The quantitative estimate of drug-likeness (QED) is 0.676. The highest BCUT2D eigenvalue weighted by atomic mass is 16.3. The van der Waals surface area contributed by atoms with Gasteiger partial charge in [-0.3, -0.25) is 19.2 Å². The number of likely N-dealkylation sites (tertiary alicyclic amines) is 1. The van der Waals surface area contributed by atoms with E-state index in [-0.39, 0.29) is 11.9 Å². The minimum atomic E-state index is -0.399. The number of piperidine rings is 1. The van der Waals surface area contributed by atoms with Gasteiger partial charge in [0, 0.05) is 37.3 Å². The summed E-state index contributed by atoms with van der Waals surface area (Å²) in [5.74, 6) is -0.370. The number of nitrogens with zero attached hydrogens (tertiary/aromatic N) is 5. The lowest BCUT2D eigenvalue weighted by Gasteiger charge is -2.36. The second kappa shape index (κ2) is 7.90. The number of pyridine rings is 1. The predicted molar refractivity (Wildman–Crippen MR) is 106 cm³/mol. The van der Waals surface area contributed by atoms with E-state index in [2.05, 4.69) is 26.2 Å². The van der Waals surface area contributed by atoms with Gasteiger partial charge in [-0.1, -0.05) is 30.7 Å². The Kier molecular flexibility index (Phi) is 5.16. The molecule has 3 aromatic rings. The van der Waals surface area contributed by atoms with Crippen LogP contribution in [0.25, 0.3) is 10.9 Å². The zero-order chi connectivity index (χ0) is 19.5. The topological polar surface area (TPSA) is 83.1 Å². The monoisotopic (exact) mass is 377 g/mol. The maximum atomic E-state index is 11.2. The molecule has 2 aromatic heterocycles. The number of amides is 1. The Morgan fingerprint density at radius 1 is 1.25 bits per heavy atom. The number of hydrogen-bond acceptors (Lipinski definition) is 5. The molecular weight excluding hydrogens is 354 g/mol. The molecule has 0 spiro atoms. The van der Waals surface area contributed by atoms with E-state index >= 15 is 0 Å². The largest absolute Gasteiger partial charge is 0.493 e. The molecule has 7 heteroatoms. The number of para-hydroxylation sites is 1. The average Bonchev–Trinajstić information content (AvgIpc) is 2.99. The molecule has 1 unspecified atom stereocenters. The number of carbonyl (C=O) groups excluding carboxylic acids is 1. The molecule has 0 radical (unpaired) electrons. The van der Waals surface area contributed by atoms with E-state index in [1.54, 1.807) is 6.20 Å². The number of hydrogen-bond donors (Lipinski definition) is 1. The molecule has 1 amide bonds. The van der Waals surface area contributed by atoms with Crippen LogP contribution in [0.4, 0.5) is 5.69 Å². The van der Waals surface area contributed by atoms with Crippen LogP contribution in [-0.4, -0.2) is 32.0 Å². The Labute approximate surface area is 163 Å². The molecule has 0 bridgehead atoms. The van der Waals surface area contributed by atoms with E-state index in [1.807, 2.05) is 41.1 Å². The van der Waals surface area contributed by atoms with Gasteiger partial charge in [0.15, 0.2) is 5.69 Å². The van der Waals surface area contributed by atoms with Gasteiger partial charge in [-0.05, 0) is 30.5 Å². The second-order valence-electron chi connectivity index (χ2n) is 7.09. The van der Waals surface area contributed by atoms with Gasteiger partial charge in [0.05, 0.1) is 12.2 Å². The summed E-state index contributed by atoms with van der Waals surface area (Å²) in [5, 5.41) is 19.3. The number of benzene rings is 1. The number of aromatic nitrogens is 2. The van der Waals surface area contributed by atoms with Crippen molar-refractivity contribution < 1.29 is 9.90 Å². The van der Waals surface area contributed by atoms with Gasteiger partial charge in [0.1, 0.15) is 0 Å². The third kappa shape index (κ3) is 3.53. The zero-order valence-corrected chi connectivity index (χ0v) is 15.8. The third-order valence-corrected chi connectivity index (χ3v) is 5.21. The van der Waals surface area contributed by atoms with E-state index in [0.717, 1.165) is 30.3 Å². The van der Waals surface area contributed by atoms with Gasteiger partial charge in [-0.25, -0.2) is 0 Å². The first-order valence-electron chi connectivity index (χ1n) is 9.51. The summed E-state index contributed by atoms with van der Waals surface area (Å²) in [6.45, 7) is 2.81. The predicted octanol–water partition coefficient (Wildman–Crippen LogP) is 4.56. The summed E-state index contributed by atoms with van der Waals surface area (Å²) in [6.07, 6.45) is 7.06. The first kappa shape index (κ1) is 18.3. The van der Waals surface area contributed by atoms with Crippen molar-refractivity contribution in [2.45, 2.75) is 38.9 Å². The lowest BCUT2D eigenvalue weighted by atomic mass is 9.97. The van der Waals surface area contributed by atoms with Crippen LogP contribution in [0.3, 0.4) is 0 Å². The number of carbonyl (C=O) groups is 1. The fourth-order valence-electron chi connectivity index (χ4n) is 3.93. The van der Waals surface area contributed by atoms with E-state index in [0.29, 0.717) is 12.4 Å².